The lowest BCUT2D eigenvalue weighted by molar-refractivity contribution is 1.45. The lowest BCUT2D eigenvalue weighted by Crippen LogP contribution is -2.25. The minimum Gasteiger partial charge on any atom is -0.253 e. The van der Waals surface area contributed by atoms with E-state index in [2.05, 4.69) is 110 Å². The maximum Gasteiger partial charge on any atom is 0.129 e. The standard InChI is InChI=1S/C30H27N2PSi/c1-34(2,3)22-21-26-23-25(24-31)19-20-30(26)32-33(27-13-7-4-8-14-27,28-15-9-5-10-16-28)29-17-11-6-12-18-29/h4-20,23H,1-3H3. The van der Waals surface area contributed by atoms with Crippen molar-refractivity contribution in [3.8, 4) is 17.5 Å². The van der Waals surface area contributed by atoms with Crippen LogP contribution < -0.4 is 15.9 Å². The monoisotopic (exact) mass is 474 g/mol. The fourth-order valence-electron chi connectivity index (χ4n) is 3.76. The molecule has 0 unspecified atom stereocenters. The molecule has 0 aliphatic carbocycles. The number of hydrogen-bond acceptors (Lipinski definition) is 2. The predicted molar refractivity (Wildman–Crippen MR) is 149 cm³/mol. The molecule has 0 aliphatic heterocycles. The van der Waals surface area contributed by atoms with E-state index in [0.717, 1.165) is 11.3 Å². The first-order valence-corrected chi connectivity index (χ1v) is 16.5. The summed E-state index contributed by atoms with van der Waals surface area (Å²) in [6, 6.07) is 39.6. The van der Waals surface area contributed by atoms with E-state index in [1.165, 1.54) is 15.9 Å². The van der Waals surface area contributed by atoms with Gasteiger partial charge in [0.2, 0.25) is 0 Å². The summed E-state index contributed by atoms with van der Waals surface area (Å²) in [4.78, 5) is 0. The third-order valence-electron chi connectivity index (χ3n) is 5.35. The zero-order valence-corrected chi connectivity index (χ0v) is 21.6. The Hall–Kier alpha value is -3.62. The minimum absolute atomic E-state index is 0.599. The molecule has 0 saturated carbocycles. The van der Waals surface area contributed by atoms with Crippen LogP contribution in [-0.2, 0) is 0 Å². The second kappa shape index (κ2) is 10.1. The summed E-state index contributed by atoms with van der Waals surface area (Å²) in [6.45, 7) is 6.67. The Bertz CT molecular complexity index is 1330. The van der Waals surface area contributed by atoms with Crippen LogP contribution in [0.5, 0.6) is 0 Å². The molecular formula is C30H27N2PSi. The van der Waals surface area contributed by atoms with Crippen molar-refractivity contribution >= 4 is 36.7 Å². The maximum atomic E-state index is 9.53. The normalized spacial score (nSPS) is 11.1. The van der Waals surface area contributed by atoms with Crippen molar-refractivity contribution < 1.29 is 0 Å². The number of hydrogen-bond donors (Lipinski definition) is 0. The SMILES string of the molecule is C[Si](C)(C)C#Cc1cc(C#N)ccc1N=P(c1ccccc1)(c1ccccc1)c1ccccc1. The molecule has 0 bridgehead atoms. The van der Waals surface area contributed by atoms with Gasteiger partial charge >= 0.3 is 0 Å². The van der Waals surface area contributed by atoms with Gasteiger partial charge in [0.05, 0.1) is 29.9 Å². The molecule has 4 aromatic carbocycles. The van der Waals surface area contributed by atoms with Gasteiger partial charge in [-0.2, -0.15) is 5.26 Å². The highest BCUT2D eigenvalue weighted by Gasteiger charge is 2.27. The van der Waals surface area contributed by atoms with Crippen LogP contribution in [0.2, 0.25) is 19.6 Å². The van der Waals surface area contributed by atoms with Gasteiger partial charge in [0.1, 0.15) is 8.07 Å². The van der Waals surface area contributed by atoms with E-state index in [1.54, 1.807) is 0 Å². The number of nitrogens with zero attached hydrogens (tertiary/aromatic N) is 2. The Balaban J connectivity index is 2.14. The van der Waals surface area contributed by atoms with Gasteiger partial charge in [0.25, 0.3) is 0 Å². The molecule has 2 nitrogen and oxygen atoms in total. The van der Waals surface area contributed by atoms with Gasteiger partial charge in [0.15, 0.2) is 0 Å². The lowest BCUT2D eigenvalue weighted by Gasteiger charge is -2.27. The second-order valence-corrected chi connectivity index (χ2v) is 16.9. The highest BCUT2D eigenvalue weighted by atomic mass is 31.2. The smallest absolute Gasteiger partial charge is 0.129 e. The Kier molecular flexibility index (Phi) is 7.00. The third kappa shape index (κ3) is 5.13. The predicted octanol–water partition coefficient (Wildman–Crippen LogP) is 6.60. The molecule has 0 aromatic heterocycles. The van der Waals surface area contributed by atoms with Crippen LogP contribution in [0, 0.1) is 22.8 Å². The van der Waals surface area contributed by atoms with E-state index >= 15 is 0 Å². The molecule has 0 atom stereocenters. The van der Waals surface area contributed by atoms with Crippen LogP contribution in [0.4, 0.5) is 5.69 Å². The van der Waals surface area contributed by atoms with E-state index in [4.69, 9.17) is 4.74 Å². The highest BCUT2D eigenvalue weighted by Crippen LogP contribution is 2.49. The van der Waals surface area contributed by atoms with Crippen LogP contribution in [0.1, 0.15) is 11.1 Å². The molecule has 0 aliphatic rings. The summed E-state index contributed by atoms with van der Waals surface area (Å²) < 4.78 is 5.59. The van der Waals surface area contributed by atoms with E-state index < -0.39 is 15.1 Å². The van der Waals surface area contributed by atoms with Crippen LogP contribution >= 0.6 is 7.05 Å². The molecule has 0 saturated heterocycles. The number of benzene rings is 4. The second-order valence-electron chi connectivity index (χ2n) is 9.09. The lowest BCUT2D eigenvalue weighted by atomic mass is 10.1. The Labute approximate surface area is 204 Å². The number of nitriles is 1. The first kappa shape index (κ1) is 23.5. The zero-order valence-electron chi connectivity index (χ0n) is 19.7. The summed E-state index contributed by atoms with van der Waals surface area (Å²) in [5.41, 5.74) is 5.71. The van der Waals surface area contributed by atoms with Gasteiger partial charge in [-0.25, -0.2) is 0 Å². The molecule has 0 heterocycles. The third-order valence-corrected chi connectivity index (χ3v) is 9.87. The summed E-state index contributed by atoms with van der Waals surface area (Å²) in [5, 5.41) is 13.1. The Morgan fingerprint density at radius 2 is 1.15 bits per heavy atom. The van der Waals surface area contributed by atoms with Gasteiger partial charge in [-0.05, 0) is 18.2 Å². The molecule has 4 aromatic rings. The molecule has 0 amide bonds. The fraction of sp³-hybridized carbons (Fsp3) is 0.100. The van der Waals surface area contributed by atoms with Gasteiger partial charge in [0, 0.05) is 15.9 Å². The van der Waals surface area contributed by atoms with Gasteiger partial charge < -0.3 is 0 Å². The van der Waals surface area contributed by atoms with Crippen molar-refractivity contribution in [2.75, 3.05) is 0 Å². The molecule has 34 heavy (non-hydrogen) atoms. The molecule has 0 fully saturated rings. The van der Waals surface area contributed by atoms with Gasteiger partial charge in [-0.1, -0.05) is 117 Å². The van der Waals surface area contributed by atoms with Crippen LogP contribution in [0.25, 0.3) is 0 Å². The van der Waals surface area contributed by atoms with Gasteiger partial charge in [-0.15, -0.1) is 5.54 Å². The van der Waals surface area contributed by atoms with Gasteiger partial charge in [-0.3, -0.25) is 4.74 Å². The minimum atomic E-state index is -2.40. The van der Waals surface area contributed by atoms with E-state index in [9.17, 15) is 5.26 Å². The molecule has 4 heteroatoms. The van der Waals surface area contributed by atoms with Crippen molar-refractivity contribution in [2.24, 2.45) is 4.74 Å². The van der Waals surface area contributed by atoms with E-state index in [-0.39, 0.29) is 0 Å². The highest BCUT2D eigenvalue weighted by molar-refractivity contribution is 7.87. The maximum absolute atomic E-state index is 9.53. The van der Waals surface area contributed by atoms with Crippen molar-refractivity contribution in [3.63, 3.8) is 0 Å². The molecule has 0 radical (unpaired) electrons. The molecule has 166 valence electrons. The largest absolute Gasteiger partial charge is 0.253 e. The van der Waals surface area contributed by atoms with E-state index in [1.807, 2.05) is 36.4 Å². The first-order valence-electron chi connectivity index (χ1n) is 11.3. The molecule has 4 rings (SSSR count). The average Bonchev–Trinajstić information content (AvgIpc) is 2.87. The summed E-state index contributed by atoms with van der Waals surface area (Å²) in [5.74, 6) is 3.39. The fourth-order valence-corrected chi connectivity index (χ4v) is 7.82. The van der Waals surface area contributed by atoms with Crippen molar-refractivity contribution in [1.29, 1.82) is 5.26 Å². The summed E-state index contributed by atoms with van der Waals surface area (Å²) in [6.07, 6.45) is 0. The Morgan fingerprint density at radius 1 is 0.676 bits per heavy atom. The van der Waals surface area contributed by atoms with Crippen LogP contribution in [0.3, 0.4) is 0 Å². The number of rotatable bonds is 4. The van der Waals surface area contributed by atoms with Crippen molar-refractivity contribution in [3.05, 3.63) is 120 Å². The topological polar surface area (TPSA) is 36.1 Å². The van der Waals surface area contributed by atoms with Crippen LogP contribution in [0.15, 0.2) is 114 Å². The van der Waals surface area contributed by atoms with E-state index in [0.29, 0.717) is 5.56 Å². The first-order chi connectivity index (χ1) is 16.4. The van der Waals surface area contributed by atoms with Crippen molar-refractivity contribution in [2.45, 2.75) is 19.6 Å². The molecular weight excluding hydrogens is 447 g/mol. The molecule has 0 N–H and O–H groups in total. The quantitative estimate of drug-likeness (QED) is 0.187. The zero-order chi connectivity index (χ0) is 24.0. The average molecular weight is 475 g/mol. The summed E-state index contributed by atoms with van der Waals surface area (Å²) >= 11 is 0. The Morgan fingerprint density at radius 3 is 1.56 bits per heavy atom. The summed E-state index contributed by atoms with van der Waals surface area (Å²) in [7, 11) is -4.02. The van der Waals surface area contributed by atoms with Crippen molar-refractivity contribution in [1.82, 2.24) is 0 Å². The molecule has 0 spiro atoms. The van der Waals surface area contributed by atoms with Crippen LogP contribution in [-0.4, -0.2) is 8.07 Å².